The molecule has 0 aliphatic carbocycles. The van der Waals surface area contributed by atoms with Crippen LogP contribution in [-0.4, -0.2) is 32.1 Å². The van der Waals surface area contributed by atoms with Gasteiger partial charge in [-0.3, -0.25) is 4.79 Å². The van der Waals surface area contributed by atoms with Crippen molar-refractivity contribution in [2.45, 2.75) is 31.7 Å². The third-order valence-electron chi connectivity index (χ3n) is 3.61. The number of piperidine rings is 1. The highest BCUT2D eigenvalue weighted by molar-refractivity contribution is 5.94. The number of amides is 1. The molecule has 0 aromatic heterocycles. The lowest BCUT2D eigenvalue weighted by Crippen LogP contribution is -2.37. The summed E-state index contributed by atoms with van der Waals surface area (Å²) in [5, 5.41) is 6.18. The number of hydrogen-bond donors (Lipinski definition) is 2. The van der Waals surface area contributed by atoms with Crippen LogP contribution in [0.1, 0.15) is 36.0 Å². The van der Waals surface area contributed by atoms with Crippen molar-refractivity contribution in [3.8, 4) is 5.75 Å². The Bertz CT molecular complexity index is 459. The van der Waals surface area contributed by atoms with Crippen LogP contribution in [0.3, 0.4) is 0 Å². The molecule has 1 saturated heterocycles. The second kappa shape index (κ2) is 7.24. The number of carbonyl (C=O) groups excluding carboxylic acids is 1. The van der Waals surface area contributed by atoms with E-state index >= 15 is 0 Å². The molecule has 0 bridgehead atoms. The number of benzene rings is 1. The van der Waals surface area contributed by atoms with Crippen LogP contribution >= 0.6 is 0 Å². The predicted octanol–water partition coefficient (Wildman–Crippen LogP) is 2.10. The predicted molar refractivity (Wildman–Crippen MR) is 75.5 cm³/mol. The molecule has 20 heavy (non-hydrogen) atoms. The molecule has 110 valence electrons. The van der Waals surface area contributed by atoms with Crippen molar-refractivity contribution >= 4 is 5.91 Å². The highest BCUT2D eigenvalue weighted by Crippen LogP contribution is 2.16. The Morgan fingerprint density at radius 2 is 2.35 bits per heavy atom. The van der Waals surface area contributed by atoms with Gasteiger partial charge in [-0.05, 0) is 37.9 Å². The van der Waals surface area contributed by atoms with Crippen LogP contribution in [-0.2, 0) is 0 Å². The quantitative estimate of drug-likeness (QED) is 0.868. The van der Waals surface area contributed by atoms with Crippen molar-refractivity contribution in [3.05, 3.63) is 29.6 Å². The molecule has 1 aromatic rings. The zero-order chi connectivity index (χ0) is 14.4. The molecule has 1 aromatic carbocycles. The first kappa shape index (κ1) is 14.8. The summed E-state index contributed by atoms with van der Waals surface area (Å²) in [7, 11) is 1.46. The van der Waals surface area contributed by atoms with Crippen LogP contribution in [0.5, 0.6) is 5.75 Å². The molecule has 2 rings (SSSR count). The normalized spacial score (nSPS) is 18.6. The number of rotatable bonds is 5. The van der Waals surface area contributed by atoms with Gasteiger partial charge in [-0.2, -0.15) is 0 Å². The van der Waals surface area contributed by atoms with Gasteiger partial charge in [0, 0.05) is 18.7 Å². The van der Waals surface area contributed by atoms with Crippen molar-refractivity contribution in [1.82, 2.24) is 10.6 Å². The summed E-state index contributed by atoms with van der Waals surface area (Å²) in [5.41, 5.74) is 0.0578. The molecule has 1 amide bonds. The second-order valence-electron chi connectivity index (χ2n) is 5.04. The minimum atomic E-state index is -0.558. The van der Waals surface area contributed by atoms with E-state index in [9.17, 15) is 9.18 Å². The van der Waals surface area contributed by atoms with Gasteiger partial charge in [0.15, 0.2) is 0 Å². The monoisotopic (exact) mass is 280 g/mol. The first-order valence-electron chi connectivity index (χ1n) is 7.06. The lowest BCUT2D eigenvalue weighted by molar-refractivity contribution is 0.0947. The number of halogens is 1. The van der Waals surface area contributed by atoms with Crippen LogP contribution in [0, 0.1) is 5.82 Å². The van der Waals surface area contributed by atoms with Gasteiger partial charge in [-0.1, -0.05) is 6.42 Å². The van der Waals surface area contributed by atoms with Crippen LogP contribution in [0.4, 0.5) is 4.39 Å². The summed E-state index contributed by atoms with van der Waals surface area (Å²) >= 11 is 0. The molecule has 1 aliphatic rings. The van der Waals surface area contributed by atoms with Crippen molar-refractivity contribution in [1.29, 1.82) is 0 Å². The fraction of sp³-hybridized carbons (Fsp3) is 0.533. The standard InChI is InChI=1S/C15H21FN2O2/c1-20-12-5-6-13(14(16)10-12)15(19)18-9-7-11-4-2-3-8-17-11/h5-6,10-11,17H,2-4,7-9H2,1H3,(H,18,19). The van der Waals surface area contributed by atoms with Crippen LogP contribution in [0.15, 0.2) is 18.2 Å². The zero-order valence-electron chi connectivity index (χ0n) is 11.7. The lowest BCUT2D eigenvalue weighted by Gasteiger charge is -2.23. The van der Waals surface area contributed by atoms with Crippen LogP contribution in [0.2, 0.25) is 0 Å². The van der Waals surface area contributed by atoms with E-state index < -0.39 is 5.82 Å². The number of hydrogen-bond acceptors (Lipinski definition) is 3. The molecule has 5 heteroatoms. The average Bonchev–Trinajstić information content (AvgIpc) is 2.48. The molecule has 0 radical (unpaired) electrons. The molecule has 1 aliphatic heterocycles. The fourth-order valence-electron chi connectivity index (χ4n) is 2.43. The van der Waals surface area contributed by atoms with Gasteiger partial charge in [0.25, 0.3) is 5.91 Å². The summed E-state index contributed by atoms with van der Waals surface area (Å²) in [6.45, 7) is 1.60. The van der Waals surface area contributed by atoms with Gasteiger partial charge in [-0.15, -0.1) is 0 Å². The molecular weight excluding hydrogens is 259 g/mol. The van der Waals surface area contributed by atoms with Crippen molar-refractivity contribution in [3.63, 3.8) is 0 Å². The molecule has 4 nitrogen and oxygen atoms in total. The smallest absolute Gasteiger partial charge is 0.254 e. The fourth-order valence-corrected chi connectivity index (χ4v) is 2.43. The minimum Gasteiger partial charge on any atom is -0.497 e. The number of methoxy groups -OCH3 is 1. The molecule has 1 fully saturated rings. The van der Waals surface area contributed by atoms with Gasteiger partial charge in [-0.25, -0.2) is 4.39 Å². The zero-order valence-corrected chi connectivity index (χ0v) is 11.7. The van der Waals surface area contributed by atoms with Gasteiger partial charge >= 0.3 is 0 Å². The summed E-state index contributed by atoms with van der Waals surface area (Å²) in [5.74, 6) is -0.524. The summed E-state index contributed by atoms with van der Waals surface area (Å²) in [6, 6.07) is 4.71. The molecule has 1 heterocycles. The lowest BCUT2D eigenvalue weighted by atomic mass is 10.0. The number of ether oxygens (including phenoxy) is 1. The van der Waals surface area contributed by atoms with Gasteiger partial charge < -0.3 is 15.4 Å². The summed E-state index contributed by atoms with van der Waals surface area (Å²) in [4.78, 5) is 11.9. The Morgan fingerprint density at radius 1 is 1.50 bits per heavy atom. The minimum absolute atomic E-state index is 0.0578. The molecule has 1 unspecified atom stereocenters. The van der Waals surface area contributed by atoms with E-state index in [-0.39, 0.29) is 11.5 Å². The van der Waals surface area contributed by atoms with Crippen LogP contribution < -0.4 is 15.4 Å². The van der Waals surface area contributed by atoms with Gasteiger partial charge in [0.1, 0.15) is 11.6 Å². The highest BCUT2D eigenvalue weighted by atomic mass is 19.1. The van der Waals surface area contributed by atoms with E-state index in [1.165, 1.54) is 32.1 Å². The first-order chi connectivity index (χ1) is 9.70. The molecular formula is C15H21FN2O2. The Hall–Kier alpha value is -1.62. The van der Waals surface area contributed by atoms with Gasteiger partial charge in [0.2, 0.25) is 0 Å². The average molecular weight is 280 g/mol. The second-order valence-corrected chi connectivity index (χ2v) is 5.04. The van der Waals surface area contributed by atoms with E-state index in [0.29, 0.717) is 18.3 Å². The van der Waals surface area contributed by atoms with E-state index in [1.54, 1.807) is 6.07 Å². The van der Waals surface area contributed by atoms with Gasteiger partial charge in [0.05, 0.1) is 12.7 Å². The third kappa shape index (κ3) is 3.93. The topological polar surface area (TPSA) is 50.4 Å². The largest absolute Gasteiger partial charge is 0.497 e. The van der Waals surface area contributed by atoms with Crippen molar-refractivity contribution in [2.75, 3.05) is 20.2 Å². The summed E-state index contributed by atoms with van der Waals surface area (Å²) < 4.78 is 18.6. The Labute approximate surface area is 118 Å². The number of nitrogens with one attached hydrogen (secondary N) is 2. The highest BCUT2D eigenvalue weighted by Gasteiger charge is 2.15. The molecule has 0 saturated carbocycles. The maximum atomic E-state index is 13.7. The van der Waals surface area contributed by atoms with E-state index in [2.05, 4.69) is 10.6 Å². The first-order valence-corrected chi connectivity index (χ1v) is 7.06. The van der Waals surface area contributed by atoms with E-state index in [0.717, 1.165) is 19.4 Å². The number of carbonyl (C=O) groups is 1. The Balaban J connectivity index is 1.82. The van der Waals surface area contributed by atoms with Crippen molar-refractivity contribution in [2.24, 2.45) is 0 Å². The Kier molecular flexibility index (Phi) is 5.35. The third-order valence-corrected chi connectivity index (χ3v) is 3.61. The molecule has 2 N–H and O–H groups in total. The van der Waals surface area contributed by atoms with Crippen LogP contribution in [0.25, 0.3) is 0 Å². The molecule has 1 atom stereocenters. The maximum absolute atomic E-state index is 13.7. The maximum Gasteiger partial charge on any atom is 0.254 e. The molecule has 0 spiro atoms. The van der Waals surface area contributed by atoms with Crippen molar-refractivity contribution < 1.29 is 13.9 Å². The summed E-state index contributed by atoms with van der Waals surface area (Å²) in [6.07, 6.45) is 4.48. The van der Waals surface area contributed by atoms with E-state index in [4.69, 9.17) is 4.74 Å². The van der Waals surface area contributed by atoms with E-state index in [1.807, 2.05) is 0 Å². The SMILES string of the molecule is COc1ccc(C(=O)NCCC2CCCCN2)c(F)c1. The Morgan fingerprint density at radius 3 is 3.00 bits per heavy atom.